The van der Waals surface area contributed by atoms with Crippen LogP contribution in [0.25, 0.3) is 0 Å². The fourth-order valence-electron chi connectivity index (χ4n) is 2.41. The zero-order valence-electron chi connectivity index (χ0n) is 14.8. The summed E-state index contributed by atoms with van der Waals surface area (Å²) in [6.45, 7) is 1.97. The lowest BCUT2D eigenvalue weighted by atomic mass is 10.0. The smallest absolute Gasteiger partial charge is 0.419 e. The van der Waals surface area contributed by atoms with Gasteiger partial charge in [-0.25, -0.2) is 0 Å². The van der Waals surface area contributed by atoms with Gasteiger partial charge in [0.1, 0.15) is 19.5 Å². The standard InChI is InChI=1S/C19H19F3N2O3/c1-3-23-18(25)17(24-26-2)14-9-5-4-8-13(14)12-27-16-11-7-6-10-15(16)19(20,21)22/h4-11H,3,12H2,1-2H3,(H,23,25)/b24-17+. The molecule has 0 spiro atoms. The monoisotopic (exact) mass is 380 g/mol. The summed E-state index contributed by atoms with van der Waals surface area (Å²) in [6, 6.07) is 11.6. The molecule has 0 aliphatic heterocycles. The van der Waals surface area contributed by atoms with E-state index in [-0.39, 0.29) is 18.1 Å². The molecule has 0 bridgehead atoms. The molecule has 5 nitrogen and oxygen atoms in total. The number of nitrogens with zero attached hydrogens (tertiary/aromatic N) is 1. The predicted octanol–water partition coefficient (Wildman–Crippen LogP) is 3.77. The van der Waals surface area contributed by atoms with Crippen molar-refractivity contribution < 1.29 is 27.5 Å². The van der Waals surface area contributed by atoms with Gasteiger partial charge in [-0.3, -0.25) is 4.79 Å². The van der Waals surface area contributed by atoms with E-state index in [4.69, 9.17) is 9.57 Å². The molecule has 27 heavy (non-hydrogen) atoms. The maximum Gasteiger partial charge on any atom is 0.419 e. The van der Waals surface area contributed by atoms with E-state index in [0.29, 0.717) is 17.7 Å². The van der Waals surface area contributed by atoms with Crippen molar-refractivity contribution in [2.24, 2.45) is 5.16 Å². The number of carbonyl (C=O) groups excluding carboxylic acids is 1. The molecule has 2 aromatic carbocycles. The molecule has 144 valence electrons. The second kappa shape index (κ2) is 9.07. The van der Waals surface area contributed by atoms with Gasteiger partial charge in [0, 0.05) is 12.1 Å². The molecule has 0 aliphatic carbocycles. The molecule has 2 aromatic rings. The van der Waals surface area contributed by atoms with E-state index in [2.05, 4.69) is 10.5 Å². The van der Waals surface area contributed by atoms with Gasteiger partial charge in [-0.1, -0.05) is 41.6 Å². The van der Waals surface area contributed by atoms with Crippen LogP contribution < -0.4 is 10.1 Å². The van der Waals surface area contributed by atoms with Crippen molar-refractivity contribution in [3.8, 4) is 5.75 Å². The lowest BCUT2D eigenvalue weighted by molar-refractivity contribution is -0.139. The van der Waals surface area contributed by atoms with Crippen molar-refractivity contribution >= 4 is 11.6 Å². The summed E-state index contributed by atoms with van der Waals surface area (Å²) >= 11 is 0. The summed E-state index contributed by atoms with van der Waals surface area (Å²) in [5.41, 5.74) is 0.0611. The lowest BCUT2D eigenvalue weighted by Gasteiger charge is -2.15. The first kappa shape index (κ1) is 20.3. The Morgan fingerprint density at radius 1 is 1.11 bits per heavy atom. The minimum Gasteiger partial charge on any atom is -0.488 e. The molecule has 0 aliphatic rings. The van der Waals surface area contributed by atoms with Crippen LogP contribution in [-0.4, -0.2) is 25.3 Å². The van der Waals surface area contributed by atoms with Gasteiger partial charge in [-0.05, 0) is 24.6 Å². The van der Waals surface area contributed by atoms with Crippen LogP contribution in [0.1, 0.15) is 23.6 Å². The average molecular weight is 380 g/mol. The minimum atomic E-state index is -4.53. The fraction of sp³-hybridized carbons (Fsp3) is 0.263. The van der Waals surface area contributed by atoms with Crippen LogP contribution in [0.4, 0.5) is 13.2 Å². The molecule has 0 atom stereocenters. The summed E-state index contributed by atoms with van der Waals surface area (Å²) in [7, 11) is 1.30. The van der Waals surface area contributed by atoms with Crippen LogP contribution in [0.3, 0.4) is 0 Å². The van der Waals surface area contributed by atoms with Crippen LogP contribution in [-0.2, 0) is 22.4 Å². The second-order valence-corrected chi connectivity index (χ2v) is 5.42. The van der Waals surface area contributed by atoms with Gasteiger partial charge in [0.15, 0.2) is 5.71 Å². The Labute approximate surface area is 154 Å². The maximum atomic E-state index is 13.1. The van der Waals surface area contributed by atoms with E-state index in [1.54, 1.807) is 31.2 Å². The van der Waals surface area contributed by atoms with Crippen LogP contribution in [0, 0.1) is 0 Å². The molecular formula is C19H19F3N2O3. The van der Waals surface area contributed by atoms with Crippen molar-refractivity contribution in [1.82, 2.24) is 5.32 Å². The van der Waals surface area contributed by atoms with Crippen LogP contribution in [0.2, 0.25) is 0 Å². The maximum absolute atomic E-state index is 13.1. The molecule has 1 amide bonds. The van der Waals surface area contributed by atoms with Crippen molar-refractivity contribution in [3.05, 3.63) is 65.2 Å². The zero-order valence-corrected chi connectivity index (χ0v) is 14.8. The number of benzene rings is 2. The Morgan fingerprint density at radius 2 is 1.78 bits per heavy atom. The quantitative estimate of drug-likeness (QED) is 0.588. The number of halogens is 3. The third kappa shape index (κ3) is 5.22. The number of hydrogen-bond acceptors (Lipinski definition) is 4. The number of para-hydroxylation sites is 1. The van der Waals surface area contributed by atoms with Crippen molar-refractivity contribution in [1.29, 1.82) is 0 Å². The number of ether oxygens (including phenoxy) is 1. The summed E-state index contributed by atoms with van der Waals surface area (Å²) in [4.78, 5) is 17.0. The van der Waals surface area contributed by atoms with Gasteiger partial charge >= 0.3 is 6.18 Å². The number of nitrogens with one attached hydrogen (secondary N) is 1. The number of hydrogen-bond donors (Lipinski definition) is 1. The van der Waals surface area contributed by atoms with E-state index in [1.165, 1.54) is 25.3 Å². The fourth-order valence-corrected chi connectivity index (χ4v) is 2.41. The van der Waals surface area contributed by atoms with Crippen molar-refractivity contribution in [2.75, 3.05) is 13.7 Å². The molecule has 2 rings (SSSR count). The van der Waals surface area contributed by atoms with Gasteiger partial charge in [0.2, 0.25) is 0 Å². The van der Waals surface area contributed by atoms with Crippen molar-refractivity contribution in [3.63, 3.8) is 0 Å². The molecule has 0 unspecified atom stereocenters. The predicted molar refractivity (Wildman–Crippen MR) is 94.4 cm³/mol. The summed E-state index contributed by atoms with van der Waals surface area (Å²) in [5, 5.41) is 6.37. The van der Waals surface area contributed by atoms with Crippen molar-refractivity contribution in [2.45, 2.75) is 19.7 Å². The van der Waals surface area contributed by atoms with E-state index in [9.17, 15) is 18.0 Å². The number of oxime groups is 1. The van der Waals surface area contributed by atoms with Gasteiger partial charge in [0.05, 0.1) is 5.56 Å². The molecule has 0 radical (unpaired) electrons. The van der Waals surface area contributed by atoms with E-state index in [0.717, 1.165) is 6.07 Å². The second-order valence-electron chi connectivity index (χ2n) is 5.42. The lowest BCUT2D eigenvalue weighted by Crippen LogP contribution is -2.32. The van der Waals surface area contributed by atoms with E-state index >= 15 is 0 Å². The average Bonchev–Trinajstić information content (AvgIpc) is 2.64. The zero-order chi connectivity index (χ0) is 19.9. The molecule has 0 heterocycles. The highest BCUT2D eigenvalue weighted by atomic mass is 19.4. The van der Waals surface area contributed by atoms with Gasteiger partial charge in [-0.15, -0.1) is 0 Å². The Morgan fingerprint density at radius 3 is 2.44 bits per heavy atom. The number of likely N-dealkylation sites (N-methyl/N-ethyl adjacent to an activating group) is 1. The third-order valence-corrected chi connectivity index (χ3v) is 3.58. The Balaban J connectivity index is 2.32. The topological polar surface area (TPSA) is 59.9 Å². The highest BCUT2D eigenvalue weighted by Gasteiger charge is 2.34. The molecule has 0 aromatic heterocycles. The number of carbonyl (C=O) groups is 1. The Bertz CT molecular complexity index is 820. The molecule has 8 heteroatoms. The van der Waals surface area contributed by atoms with Crippen LogP contribution in [0.15, 0.2) is 53.7 Å². The molecular weight excluding hydrogens is 361 g/mol. The van der Waals surface area contributed by atoms with E-state index < -0.39 is 17.6 Å². The summed E-state index contributed by atoms with van der Waals surface area (Å²) in [6.07, 6.45) is -4.53. The number of rotatable bonds is 7. The van der Waals surface area contributed by atoms with Crippen LogP contribution >= 0.6 is 0 Å². The first-order chi connectivity index (χ1) is 12.9. The highest BCUT2D eigenvalue weighted by molar-refractivity contribution is 6.45. The first-order valence-corrected chi connectivity index (χ1v) is 8.15. The van der Waals surface area contributed by atoms with E-state index in [1.807, 2.05) is 0 Å². The largest absolute Gasteiger partial charge is 0.488 e. The molecule has 1 N–H and O–H groups in total. The van der Waals surface area contributed by atoms with Gasteiger partial charge in [0.25, 0.3) is 5.91 Å². The SMILES string of the molecule is CCNC(=O)/C(=N/OC)c1ccccc1COc1ccccc1C(F)(F)F. The summed E-state index contributed by atoms with van der Waals surface area (Å²) in [5.74, 6) is -0.745. The van der Waals surface area contributed by atoms with Gasteiger partial charge < -0.3 is 14.9 Å². The number of amides is 1. The van der Waals surface area contributed by atoms with Crippen LogP contribution in [0.5, 0.6) is 5.75 Å². The molecule has 0 saturated carbocycles. The first-order valence-electron chi connectivity index (χ1n) is 8.15. The minimum absolute atomic E-state index is 0.0163. The Hall–Kier alpha value is -3.03. The van der Waals surface area contributed by atoms with Gasteiger partial charge in [-0.2, -0.15) is 13.2 Å². The molecule has 0 saturated heterocycles. The Kier molecular flexibility index (Phi) is 6.81. The highest BCUT2D eigenvalue weighted by Crippen LogP contribution is 2.36. The normalized spacial score (nSPS) is 11.8. The molecule has 0 fully saturated rings. The summed E-state index contributed by atoms with van der Waals surface area (Å²) < 4.78 is 44.7. The third-order valence-electron chi connectivity index (χ3n) is 3.58. The number of alkyl halides is 3.